The standard InChI is InChI=1S/C37H48/c1-3-5-7-8-9-10-11-13-30-16-22-34(23-17-30)35-24-18-31(19-25-35)14-15-33-21-27-36-28-32(12-6-4-2)20-26-37(36)29-33/h18-21,24-30,34H,3-13,16-17,22-23H2,1-2H3/t30-,34-. The van der Waals surface area contributed by atoms with Gasteiger partial charge in [0, 0.05) is 11.1 Å². The first-order valence-electron chi connectivity index (χ1n) is 15.4. The average molecular weight is 493 g/mol. The van der Waals surface area contributed by atoms with Gasteiger partial charge in [0.25, 0.3) is 0 Å². The molecule has 4 rings (SSSR count). The van der Waals surface area contributed by atoms with Crippen LogP contribution in [0.1, 0.15) is 132 Å². The van der Waals surface area contributed by atoms with Gasteiger partial charge in [0.15, 0.2) is 0 Å². The van der Waals surface area contributed by atoms with Crippen LogP contribution < -0.4 is 0 Å². The van der Waals surface area contributed by atoms with Crippen molar-refractivity contribution in [1.29, 1.82) is 0 Å². The van der Waals surface area contributed by atoms with Crippen LogP contribution in [0.2, 0.25) is 0 Å². The molecule has 0 radical (unpaired) electrons. The normalized spacial score (nSPS) is 17.5. The van der Waals surface area contributed by atoms with Crippen molar-refractivity contribution in [2.45, 2.75) is 116 Å². The molecule has 0 bridgehead atoms. The lowest BCUT2D eigenvalue weighted by Gasteiger charge is -2.29. The molecular formula is C37H48. The summed E-state index contributed by atoms with van der Waals surface area (Å²) in [5.41, 5.74) is 5.17. The average Bonchev–Trinajstić information content (AvgIpc) is 2.95. The van der Waals surface area contributed by atoms with Gasteiger partial charge in [0.05, 0.1) is 0 Å². The van der Waals surface area contributed by atoms with Crippen molar-refractivity contribution >= 4 is 10.8 Å². The summed E-state index contributed by atoms with van der Waals surface area (Å²) in [7, 11) is 0. The van der Waals surface area contributed by atoms with Crippen molar-refractivity contribution in [3.63, 3.8) is 0 Å². The van der Waals surface area contributed by atoms with Gasteiger partial charge in [0.1, 0.15) is 0 Å². The summed E-state index contributed by atoms with van der Waals surface area (Å²) in [6, 6.07) is 22.6. The van der Waals surface area contributed by atoms with Crippen LogP contribution in [0.5, 0.6) is 0 Å². The Hall–Kier alpha value is -2.52. The van der Waals surface area contributed by atoms with E-state index in [1.807, 2.05) is 0 Å². The maximum absolute atomic E-state index is 3.40. The molecule has 3 aromatic rings. The Morgan fingerprint density at radius 2 is 1.22 bits per heavy atom. The van der Waals surface area contributed by atoms with Crippen LogP contribution in [0.3, 0.4) is 0 Å². The second-order valence-electron chi connectivity index (χ2n) is 11.5. The van der Waals surface area contributed by atoms with Gasteiger partial charge in [-0.15, -0.1) is 0 Å². The van der Waals surface area contributed by atoms with Gasteiger partial charge in [-0.25, -0.2) is 0 Å². The van der Waals surface area contributed by atoms with Crippen LogP contribution in [0, 0.1) is 17.8 Å². The quantitative estimate of drug-likeness (QED) is 0.174. The molecule has 37 heavy (non-hydrogen) atoms. The number of aryl methyl sites for hydroxylation is 1. The second-order valence-corrected chi connectivity index (χ2v) is 11.5. The lowest BCUT2D eigenvalue weighted by molar-refractivity contribution is 0.302. The number of hydrogen-bond donors (Lipinski definition) is 0. The fraction of sp³-hybridized carbons (Fsp3) is 0.514. The third-order valence-electron chi connectivity index (χ3n) is 8.52. The molecule has 0 amide bonds. The Bertz CT molecular complexity index is 1130. The molecule has 0 aliphatic heterocycles. The summed E-state index contributed by atoms with van der Waals surface area (Å²) in [5, 5.41) is 2.60. The first-order valence-corrected chi connectivity index (χ1v) is 15.4. The van der Waals surface area contributed by atoms with Crippen LogP contribution >= 0.6 is 0 Å². The smallest absolute Gasteiger partial charge is 0.0255 e. The molecule has 0 heteroatoms. The zero-order valence-corrected chi connectivity index (χ0v) is 23.5. The van der Waals surface area contributed by atoms with Crippen molar-refractivity contribution in [3.05, 3.63) is 82.9 Å². The van der Waals surface area contributed by atoms with E-state index in [0.717, 1.165) is 23.0 Å². The fourth-order valence-corrected chi connectivity index (χ4v) is 6.07. The van der Waals surface area contributed by atoms with Crippen LogP contribution in [-0.4, -0.2) is 0 Å². The lowest BCUT2D eigenvalue weighted by Crippen LogP contribution is -2.13. The third kappa shape index (κ3) is 8.78. The van der Waals surface area contributed by atoms with E-state index in [9.17, 15) is 0 Å². The number of unbranched alkanes of at least 4 members (excludes halogenated alkanes) is 7. The molecule has 0 N–H and O–H groups in total. The van der Waals surface area contributed by atoms with Crippen molar-refractivity contribution in [1.82, 2.24) is 0 Å². The SMILES string of the molecule is CCCCCCCCC[C@H]1CC[C@H](c2ccc(C#Cc3ccc4cc(CCCC)ccc4c3)cc2)CC1. The minimum Gasteiger partial charge on any atom is -0.0654 e. The first-order chi connectivity index (χ1) is 18.2. The van der Waals surface area contributed by atoms with E-state index in [1.54, 1.807) is 0 Å². The summed E-state index contributed by atoms with van der Waals surface area (Å²) in [5.74, 6) is 8.51. The number of hydrogen-bond acceptors (Lipinski definition) is 0. The predicted molar refractivity (Wildman–Crippen MR) is 162 cm³/mol. The van der Waals surface area contributed by atoms with Crippen LogP contribution in [0.4, 0.5) is 0 Å². The fourth-order valence-electron chi connectivity index (χ4n) is 6.07. The van der Waals surface area contributed by atoms with Crippen molar-refractivity contribution < 1.29 is 0 Å². The van der Waals surface area contributed by atoms with Gasteiger partial charge in [-0.05, 0) is 96.5 Å². The zero-order valence-electron chi connectivity index (χ0n) is 23.5. The van der Waals surface area contributed by atoms with E-state index in [1.165, 1.54) is 118 Å². The highest BCUT2D eigenvalue weighted by Gasteiger charge is 2.21. The monoisotopic (exact) mass is 492 g/mol. The molecule has 3 aromatic carbocycles. The summed E-state index contributed by atoms with van der Waals surface area (Å²) >= 11 is 0. The van der Waals surface area contributed by atoms with Gasteiger partial charge in [-0.2, -0.15) is 0 Å². The Balaban J connectivity index is 1.23. The summed E-state index contributed by atoms with van der Waals surface area (Å²) in [4.78, 5) is 0. The summed E-state index contributed by atoms with van der Waals surface area (Å²) < 4.78 is 0. The Labute approximate surface area is 227 Å². The van der Waals surface area contributed by atoms with Gasteiger partial charge < -0.3 is 0 Å². The Morgan fingerprint density at radius 3 is 1.97 bits per heavy atom. The second kappa shape index (κ2) is 15.0. The molecule has 1 aliphatic carbocycles. The molecule has 0 aromatic heterocycles. The van der Waals surface area contributed by atoms with Gasteiger partial charge >= 0.3 is 0 Å². The highest BCUT2D eigenvalue weighted by molar-refractivity contribution is 5.84. The predicted octanol–water partition coefficient (Wildman–Crippen LogP) is 11.0. The number of benzene rings is 3. The van der Waals surface area contributed by atoms with E-state index < -0.39 is 0 Å². The molecule has 0 saturated heterocycles. The minimum atomic E-state index is 0.745. The van der Waals surface area contributed by atoms with Gasteiger partial charge in [0.2, 0.25) is 0 Å². The van der Waals surface area contributed by atoms with Gasteiger partial charge in [-0.3, -0.25) is 0 Å². The number of fused-ring (bicyclic) bond motifs is 1. The van der Waals surface area contributed by atoms with Crippen LogP contribution in [0.25, 0.3) is 10.8 Å². The topological polar surface area (TPSA) is 0 Å². The van der Waals surface area contributed by atoms with Crippen molar-refractivity contribution in [2.75, 3.05) is 0 Å². The molecule has 0 nitrogen and oxygen atoms in total. The molecule has 1 aliphatic rings. The largest absolute Gasteiger partial charge is 0.0654 e. The molecular weight excluding hydrogens is 444 g/mol. The Morgan fingerprint density at radius 1 is 0.595 bits per heavy atom. The molecule has 0 spiro atoms. The van der Waals surface area contributed by atoms with Crippen molar-refractivity contribution in [3.8, 4) is 11.8 Å². The van der Waals surface area contributed by atoms with Gasteiger partial charge in [-0.1, -0.05) is 120 Å². The highest BCUT2D eigenvalue weighted by atomic mass is 14.3. The summed E-state index contributed by atoms with van der Waals surface area (Å²) in [6.07, 6.45) is 20.7. The number of rotatable bonds is 12. The maximum atomic E-state index is 3.40. The molecule has 1 fully saturated rings. The van der Waals surface area contributed by atoms with E-state index in [4.69, 9.17) is 0 Å². The Kier molecular flexibility index (Phi) is 11.2. The molecule has 0 heterocycles. The van der Waals surface area contributed by atoms with Crippen molar-refractivity contribution in [2.24, 2.45) is 5.92 Å². The van der Waals surface area contributed by atoms with Crippen LogP contribution in [-0.2, 0) is 6.42 Å². The lowest BCUT2D eigenvalue weighted by atomic mass is 9.77. The molecule has 196 valence electrons. The zero-order chi connectivity index (χ0) is 25.7. The van der Waals surface area contributed by atoms with E-state index in [0.29, 0.717) is 0 Å². The van der Waals surface area contributed by atoms with E-state index >= 15 is 0 Å². The van der Waals surface area contributed by atoms with E-state index in [2.05, 4.69) is 86.4 Å². The molecule has 0 atom stereocenters. The van der Waals surface area contributed by atoms with Crippen LogP contribution in [0.15, 0.2) is 60.7 Å². The highest BCUT2D eigenvalue weighted by Crippen LogP contribution is 2.37. The minimum absolute atomic E-state index is 0.745. The van der Waals surface area contributed by atoms with E-state index in [-0.39, 0.29) is 0 Å². The third-order valence-corrected chi connectivity index (χ3v) is 8.52. The first kappa shape index (κ1) is 27.5. The molecule has 1 saturated carbocycles. The molecule has 0 unspecified atom stereocenters. The maximum Gasteiger partial charge on any atom is 0.0255 e. The summed E-state index contributed by atoms with van der Waals surface area (Å²) in [6.45, 7) is 4.55.